The molecular formula is C16H12FNO3. The molecule has 1 heterocycles. The van der Waals surface area contributed by atoms with Crippen LogP contribution >= 0.6 is 0 Å². The van der Waals surface area contributed by atoms with Crippen LogP contribution in [0.3, 0.4) is 0 Å². The minimum Gasteiger partial charge on any atom is -0.489 e. The second-order valence-corrected chi connectivity index (χ2v) is 4.59. The number of carbonyl (C=O) groups is 1. The van der Waals surface area contributed by atoms with E-state index in [0.29, 0.717) is 16.7 Å². The van der Waals surface area contributed by atoms with Gasteiger partial charge in [-0.1, -0.05) is 12.1 Å². The van der Waals surface area contributed by atoms with Gasteiger partial charge in [0, 0.05) is 28.7 Å². The molecule has 0 spiro atoms. The zero-order valence-electron chi connectivity index (χ0n) is 11.0. The van der Waals surface area contributed by atoms with Crippen LogP contribution in [0.25, 0.3) is 10.9 Å². The predicted octanol–water partition coefficient (Wildman–Crippen LogP) is 3.58. The average Bonchev–Trinajstić information content (AvgIpc) is 2.88. The van der Waals surface area contributed by atoms with Crippen LogP contribution in [-0.2, 0) is 6.61 Å². The van der Waals surface area contributed by atoms with Gasteiger partial charge in [0.1, 0.15) is 18.2 Å². The highest BCUT2D eigenvalue weighted by molar-refractivity contribution is 6.04. The summed E-state index contributed by atoms with van der Waals surface area (Å²) in [5.41, 5.74) is 1.66. The van der Waals surface area contributed by atoms with Crippen LogP contribution in [0.2, 0.25) is 0 Å². The molecule has 2 aromatic carbocycles. The first-order chi connectivity index (χ1) is 10.1. The number of hydrogen-bond donors (Lipinski definition) is 2. The fourth-order valence-electron chi connectivity index (χ4n) is 2.27. The fourth-order valence-corrected chi connectivity index (χ4v) is 2.27. The molecule has 0 aliphatic carbocycles. The van der Waals surface area contributed by atoms with Gasteiger partial charge in [0.15, 0.2) is 0 Å². The Morgan fingerprint density at radius 1 is 1.24 bits per heavy atom. The molecular weight excluding hydrogens is 273 g/mol. The van der Waals surface area contributed by atoms with Crippen LogP contribution < -0.4 is 4.74 Å². The van der Waals surface area contributed by atoms with E-state index in [9.17, 15) is 14.3 Å². The van der Waals surface area contributed by atoms with Gasteiger partial charge in [-0.3, -0.25) is 0 Å². The Bertz CT molecular complexity index is 810. The number of rotatable bonds is 4. The van der Waals surface area contributed by atoms with Crippen molar-refractivity contribution >= 4 is 16.9 Å². The summed E-state index contributed by atoms with van der Waals surface area (Å²) in [4.78, 5) is 14.3. The van der Waals surface area contributed by atoms with E-state index in [1.54, 1.807) is 36.5 Å². The zero-order valence-corrected chi connectivity index (χ0v) is 11.0. The molecule has 2 N–H and O–H groups in total. The van der Waals surface area contributed by atoms with Crippen molar-refractivity contribution in [2.45, 2.75) is 6.61 Å². The molecule has 0 radical (unpaired) electrons. The molecule has 3 rings (SSSR count). The normalized spacial score (nSPS) is 10.7. The summed E-state index contributed by atoms with van der Waals surface area (Å²) in [5, 5.41) is 9.86. The molecule has 0 atom stereocenters. The summed E-state index contributed by atoms with van der Waals surface area (Å²) in [7, 11) is 0. The van der Waals surface area contributed by atoms with Gasteiger partial charge in [0.25, 0.3) is 0 Å². The summed E-state index contributed by atoms with van der Waals surface area (Å²) < 4.78 is 18.6. The lowest BCUT2D eigenvalue weighted by atomic mass is 10.1. The van der Waals surface area contributed by atoms with Crippen LogP contribution in [0.4, 0.5) is 4.39 Å². The number of halogens is 1. The molecule has 3 aromatic rings. The van der Waals surface area contributed by atoms with Crippen molar-refractivity contribution in [3.05, 3.63) is 65.6 Å². The van der Waals surface area contributed by atoms with Crippen molar-refractivity contribution in [1.82, 2.24) is 4.98 Å². The Morgan fingerprint density at radius 2 is 2.05 bits per heavy atom. The number of aromatic nitrogens is 1. The maximum absolute atomic E-state index is 13.1. The highest BCUT2D eigenvalue weighted by Crippen LogP contribution is 2.24. The first-order valence-corrected chi connectivity index (χ1v) is 6.36. The van der Waals surface area contributed by atoms with Gasteiger partial charge >= 0.3 is 5.97 Å². The van der Waals surface area contributed by atoms with Crippen molar-refractivity contribution in [1.29, 1.82) is 0 Å². The fraction of sp³-hybridized carbons (Fsp3) is 0.0625. The number of hydrogen-bond acceptors (Lipinski definition) is 2. The highest BCUT2D eigenvalue weighted by atomic mass is 19.1. The van der Waals surface area contributed by atoms with Gasteiger partial charge in [-0.2, -0.15) is 0 Å². The van der Waals surface area contributed by atoms with Crippen LogP contribution in [0.5, 0.6) is 5.75 Å². The molecule has 0 bridgehead atoms. The number of aromatic carboxylic acids is 1. The first kappa shape index (κ1) is 13.2. The van der Waals surface area contributed by atoms with Crippen molar-refractivity contribution in [2.75, 3.05) is 0 Å². The maximum Gasteiger partial charge on any atom is 0.336 e. The summed E-state index contributed by atoms with van der Waals surface area (Å²) in [5.74, 6) is -0.970. The molecule has 0 aliphatic rings. The van der Waals surface area contributed by atoms with E-state index in [1.165, 1.54) is 12.1 Å². The van der Waals surface area contributed by atoms with E-state index in [4.69, 9.17) is 4.74 Å². The Kier molecular flexibility index (Phi) is 3.31. The Labute approximate surface area is 119 Å². The molecule has 21 heavy (non-hydrogen) atoms. The SMILES string of the molecule is O=C(O)c1cccc2[nH]cc(COc3cccc(F)c3)c12. The van der Waals surface area contributed by atoms with Crippen molar-refractivity contribution < 1.29 is 19.0 Å². The third-order valence-corrected chi connectivity index (χ3v) is 3.21. The van der Waals surface area contributed by atoms with Gasteiger partial charge < -0.3 is 14.8 Å². The molecule has 5 heteroatoms. The monoisotopic (exact) mass is 285 g/mol. The van der Waals surface area contributed by atoms with E-state index in [0.717, 1.165) is 5.52 Å². The third-order valence-electron chi connectivity index (χ3n) is 3.21. The Hall–Kier alpha value is -2.82. The average molecular weight is 285 g/mol. The lowest BCUT2D eigenvalue weighted by Crippen LogP contribution is -2.00. The maximum atomic E-state index is 13.1. The molecule has 0 fully saturated rings. The number of carboxylic acids is 1. The first-order valence-electron chi connectivity index (χ1n) is 6.36. The summed E-state index contributed by atoms with van der Waals surface area (Å²) >= 11 is 0. The van der Waals surface area contributed by atoms with Crippen molar-refractivity contribution in [3.8, 4) is 5.75 Å². The minimum atomic E-state index is -0.993. The summed E-state index contributed by atoms with van der Waals surface area (Å²) in [6.07, 6.45) is 1.70. The van der Waals surface area contributed by atoms with Gasteiger partial charge in [-0.15, -0.1) is 0 Å². The van der Waals surface area contributed by atoms with Crippen molar-refractivity contribution in [3.63, 3.8) is 0 Å². The smallest absolute Gasteiger partial charge is 0.336 e. The van der Waals surface area contributed by atoms with Gasteiger partial charge in [-0.05, 0) is 24.3 Å². The largest absolute Gasteiger partial charge is 0.489 e. The zero-order chi connectivity index (χ0) is 14.8. The Morgan fingerprint density at radius 3 is 2.81 bits per heavy atom. The highest BCUT2D eigenvalue weighted by Gasteiger charge is 2.13. The van der Waals surface area contributed by atoms with Crippen LogP contribution in [0.1, 0.15) is 15.9 Å². The standard InChI is InChI=1S/C16H12FNO3/c17-11-3-1-4-12(7-11)21-9-10-8-18-14-6-2-5-13(15(10)14)16(19)20/h1-8,18H,9H2,(H,19,20). The van der Waals surface area contributed by atoms with E-state index in [-0.39, 0.29) is 18.0 Å². The topological polar surface area (TPSA) is 62.3 Å². The molecule has 0 unspecified atom stereocenters. The number of fused-ring (bicyclic) bond motifs is 1. The second-order valence-electron chi connectivity index (χ2n) is 4.59. The van der Waals surface area contributed by atoms with Gasteiger partial charge in [0.05, 0.1) is 5.56 Å². The summed E-state index contributed by atoms with van der Waals surface area (Å²) in [6.45, 7) is 0.160. The molecule has 0 saturated heterocycles. The minimum absolute atomic E-state index is 0.160. The van der Waals surface area contributed by atoms with E-state index in [2.05, 4.69) is 4.98 Å². The number of H-pyrrole nitrogens is 1. The summed E-state index contributed by atoms with van der Waals surface area (Å²) in [6, 6.07) is 10.9. The van der Waals surface area contributed by atoms with Gasteiger partial charge in [-0.25, -0.2) is 9.18 Å². The number of ether oxygens (including phenoxy) is 1. The predicted molar refractivity (Wildman–Crippen MR) is 76.0 cm³/mol. The molecule has 4 nitrogen and oxygen atoms in total. The van der Waals surface area contributed by atoms with E-state index in [1.807, 2.05) is 0 Å². The molecule has 0 amide bonds. The molecule has 0 saturated carbocycles. The van der Waals surface area contributed by atoms with Crippen molar-refractivity contribution in [2.24, 2.45) is 0 Å². The number of aromatic amines is 1. The number of nitrogens with one attached hydrogen (secondary N) is 1. The van der Waals surface area contributed by atoms with Crippen LogP contribution in [0.15, 0.2) is 48.7 Å². The Balaban J connectivity index is 1.92. The molecule has 1 aromatic heterocycles. The second kappa shape index (κ2) is 5.28. The van der Waals surface area contributed by atoms with Crippen LogP contribution in [-0.4, -0.2) is 16.1 Å². The van der Waals surface area contributed by atoms with E-state index < -0.39 is 5.97 Å². The molecule has 0 aliphatic heterocycles. The number of benzene rings is 2. The molecule has 106 valence electrons. The quantitative estimate of drug-likeness (QED) is 0.770. The lowest BCUT2D eigenvalue weighted by Gasteiger charge is -2.06. The van der Waals surface area contributed by atoms with Crippen LogP contribution in [0, 0.1) is 5.82 Å². The van der Waals surface area contributed by atoms with Gasteiger partial charge in [0.2, 0.25) is 0 Å². The number of carboxylic acid groups (broad SMARTS) is 1. The third kappa shape index (κ3) is 2.58. The lowest BCUT2D eigenvalue weighted by molar-refractivity contribution is 0.0699. The van der Waals surface area contributed by atoms with E-state index >= 15 is 0 Å².